The van der Waals surface area contributed by atoms with Crippen molar-refractivity contribution in [2.75, 3.05) is 13.2 Å². The van der Waals surface area contributed by atoms with Gasteiger partial charge in [-0.3, -0.25) is 8.37 Å². The Labute approximate surface area is 90.0 Å². The third kappa shape index (κ3) is 10.2. The van der Waals surface area contributed by atoms with Crippen molar-refractivity contribution in [3.63, 3.8) is 0 Å². The van der Waals surface area contributed by atoms with Crippen LogP contribution in [0.5, 0.6) is 0 Å². The predicted molar refractivity (Wildman–Crippen MR) is 59.0 cm³/mol. The Morgan fingerprint density at radius 2 is 1.71 bits per heavy atom. The molecule has 86 valence electrons. The minimum absolute atomic E-state index is 0.521. The molecule has 0 fully saturated rings. The molecule has 4 heteroatoms. The lowest BCUT2D eigenvalue weighted by molar-refractivity contribution is 0.240. The summed E-state index contributed by atoms with van der Waals surface area (Å²) in [5.74, 6) is 0.674. The maximum atomic E-state index is 11.0. The molecule has 0 rings (SSSR count). The Morgan fingerprint density at radius 1 is 1.14 bits per heavy atom. The minimum Gasteiger partial charge on any atom is -0.268 e. The molecule has 14 heavy (non-hydrogen) atoms. The van der Waals surface area contributed by atoms with E-state index in [4.69, 9.17) is 8.37 Å². The molecule has 0 aromatic heterocycles. The van der Waals surface area contributed by atoms with E-state index in [2.05, 4.69) is 20.8 Å². The molecular formula is C10H22O3S. The summed E-state index contributed by atoms with van der Waals surface area (Å²) in [5.41, 5.74) is 0. The van der Waals surface area contributed by atoms with Crippen LogP contribution >= 0.6 is 0 Å². The van der Waals surface area contributed by atoms with Crippen LogP contribution in [0.15, 0.2) is 0 Å². The summed E-state index contributed by atoms with van der Waals surface area (Å²) < 4.78 is 21.0. The van der Waals surface area contributed by atoms with Crippen LogP contribution in [0, 0.1) is 5.92 Å². The first-order chi connectivity index (χ1) is 6.66. The van der Waals surface area contributed by atoms with Gasteiger partial charge in [-0.1, -0.05) is 27.2 Å². The third-order valence-electron chi connectivity index (χ3n) is 1.78. The van der Waals surface area contributed by atoms with Gasteiger partial charge >= 0.3 is 11.4 Å². The van der Waals surface area contributed by atoms with Crippen LogP contribution in [0.25, 0.3) is 0 Å². The number of hydrogen-bond donors (Lipinski definition) is 0. The van der Waals surface area contributed by atoms with Gasteiger partial charge in [-0.25, -0.2) is 0 Å². The first-order valence-corrected chi connectivity index (χ1v) is 6.35. The lowest BCUT2D eigenvalue weighted by atomic mass is 10.1. The van der Waals surface area contributed by atoms with E-state index in [9.17, 15) is 4.21 Å². The van der Waals surface area contributed by atoms with Crippen molar-refractivity contribution in [1.82, 2.24) is 0 Å². The lowest BCUT2D eigenvalue weighted by Gasteiger charge is -2.05. The molecule has 0 amide bonds. The zero-order valence-corrected chi connectivity index (χ0v) is 10.3. The average Bonchev–Trinajstić information content (AvgIpc) is 2.13. The van der Waals surface area contributed by atoms with E-state index in [-0.39, 0.29) is 0 Å². The van der Waals surface area contributed by atoms with Crippen molar-refractivity contribution < 1.29 is 12.6 Å². The summed E-state index contributed by atoms with van der Waals surface area (Å²) in [4.78, 5) is 0. The Hall–Kier alpha value is 0.0700. The molecule has 1 atom stereocenters. The molecule has 0 aromatic rings. The van der Waals surface area contributed by atoms with Gasteiger partial charge in [0.25, 0.3) is 0 Å². The lowest BCUT2D eigenvalue weighted by Crippen LogP contribution is -2.05. The molecule has 0 aromatic carbocycles. The number of hydrogen-bond acceptors (Lipinski definition) is 3. The standard InChI is InChI=1S/C10H22O3S/c1-4-5-8-12-14(11)13-9-6-7-10(2)3/h10H,4-9H2,1-3H3. The summed E-state index contributed by atoms with van der Waals surface area (Å²) in [6.45, 7) is 7.43. The van der Waals surface area contributed by atoms with Gasteiger partial charge in [0.2, 0.25) is 0 Å². The van der Waals surface area contributed by atoms with Crippen LogP contribution in [0.2, 0.25) is 0 Å². The van der Waals surface area contributed by atoms with E-state index >= 15 is 0 Å². The predicted octanol–water partition coefficient (Wildman–Crippen LogP) is 2.83. The molecule has 0 spiro atoms. The monoisotopic (exact) mass is 222 g/mol. The van der Waals surface area contributed by atoms with Gasteiger partial charge in [-0.05, 0) is 25.2 Å². The second kappa shape index (κ2) is 9.62. The Kier molecular flexibility index (Phi) is 9.67. The van der Waals surface area contributed by atoms with Crippen molar-refractivity contribution >= 4 is 11.4 Å². The zero-order chi connectivity index (χ0) is 10.8. The van der Waals surface area contributed by atoms with E-state index < -0.39 is 11.4 Å². The van der Waals surface area contributed by atoms with Crippen LogP contribution in [0.3, 0.4) is 0 Å². The first kappa shape index (κ1) is 14.1. The van der Waals surface area contributed by atoms with Gasteiger partial charge in [-0.2, -0.15) is 4.21 Å². The van der Waals surface area contributed by atoms with Crippen molar-refractivity contribution in [1.29, 1.82) is 0 Å². The molecule has 0 aliphatic heterocycles. The summed E-state index contributed by atoms with van der Waals surface area (Å²) in [6, 6.07) is 0. The number of unbranched alkanes of at least 4 members (excludes halogenated alkanes) is 1. The molecule has 0 N–H and O–H groups in total. The maximum Gasteiger partial charge on any atom is 0.304 e. The van der Waals surface area contributed by atoms with E-state index in [0.717, 1.165) is 25.7 Å². The number of rotatable bonds is 9. The maximum absolute atomic E-state index is 11.0. The van der Waals surface area contributed by atoms with Crippen molar-refractivity contribution in [2.24, 2.45) is 5.92 Å². The summed E-state index contributed by atoms with van der Waals surface area (Å²) in [7, 11) is 0. The average molecular weight is 222 g/mol. The molecule has 0 saturated heterocycles. The summed E-state index contributed by atoms with van der Waals surface area (Å²) in [5, 5.41) is 0. The molecule has 1 unspecified atom stereocenters. The minimum atomic E-state index is -1.54. The van der Waals surface area contributed by atoms with Gasteiger partial charge in [-0.15, -0.1) is 0 Å². The molecule has 0 saturated carbocycles. The molecule has 3 nitrogen and oxygen atoms in total. The Balaban J connectivity index is 3.18. The van der Waals surface area contributed by atoms with Crippen molar-refractivity contribution in [3.8, 4) is 0 Å². The van der Waals surface area contributed by atoms with Gasteiger partial charge in [0.05, 0.1) is 13.2 Å². The quantitative estimate of drug-likeness (QED) is 0.563. The highest BCUT2D eigenvalue weighted by atomic mass is 32.2. The van der Waals surface area contributed by atoms with Crippen LogP contribution in [-0.2, 0) is 19.7 Å². The van der Waals surface area contributed by atoms with Crippen molar-refractivity contribution in [3.05, 3.63) is 0 Å². The molecule has 0 aliphatic carbocycles. The first-order valence-electron chi connectivity index (χ1n) is 5.35. The van der Waals surface area contributed by atoms with Crippen LogP contribution in [0.1, 0.15) is 46.5 Å². The smallest absolute Gasteiger partial charge is 0.268 e. The Morgan fingerprint density at radius 3 is 2.21 bits per heavy atom. The fraction of sp³-hybridized carbons (Fsp3) is 1.00. The molecular weight excluding hydrogens is 200 g/mol. The van der Waals surface area contributed by atoms with E-state index in [0.29, 0.717) is 19.1 Å². The molecule has 0 bridgehead atoms. The third-order valence-corrected chi connectivity index (χ3v) is 2.50. The van der Waals surface area contributed by atoms with Crippen LogP contribution in [-0.4, -0.2) is 17.4 Å². The Bertz CT molecular complexity index is 148. The van der Waals surface area contributed by atoms with Gasteiger partial charge in [0, 0.05) is 0 Å². The second-order valence-electron chi connectivity index (χ2n) is 3.74. The van der Waals surface area contributed by atoms with Gasteiger partial charge in [0.1, 0.15) is 0 Å². The normalized spacial score (nSPS) is 13.4. The highest BCUT2D eigenvalue weighted by Gasteiger charge is 2.00. The largest absolute Gasteiger partial charge is 0.304 e. The fourth-order valence-electron chi connectivity index (χ4n) is 0.924. The van der Waals surface area contributed by atoms with Gasteiger partial charge in [0.15, 0.2) is 0 Å². The summed E-state index contributed by atoms with van der Waals surface area (Å²) in [6.07, 6.45) is 4.03. The SMILES string of the molecule is CCCCOS(=O)OCCCC(C)C. The highest BCUT2D eigenvalue weighted by Crippen LogP contribution is 2.04. The molecule has 0 aliphatic rings. The fourth-order valence-corrected chi connectivity index (χ4v) is 1.50. The summed E-state index contributed by atoms with van der Waals surface area (Å²) >= 11 is -1.54. The topological polar surface area (TPSA) is 35.5 Å². The van der Waals surface area contributed by atoms with Crippen LogP contribution < -0.4 is 0 Å². The van der Waals surface area contributed by atoms with Crippen molar-refractivity contribution in [2.45, 2.75) is 46.5 Å². The molecule has 0 radical (unpaired) electrons. The van der Waals surface area contributed by atoms with E-state index in [1.165, 1.54) is 0 Å². The van der Waals surface area contributed by atoms with E-state index in [1.54, 1.807) is 0 Å². The van der Waals surface area contributed by atoms with E-state index in [1.807, 2.05) is 0 Å². The molecule has 0 heterocycles. The van der Waals surface area contributed by atoms with Gasteiger partial charge < -0.3 is 0 Å². The second-order valence-corrected chi connectivity index (χ2v) is 4.62. The highest BCUT2D eigenvalue weighted by molar-refractivity contribution is 7.75. The zero-order valence-electron chi connectivity index (χ0n) is 9.45. The van der Waals surface area contributed by atoms with Crippen LogP contribution in [0.4, 0.5) is 0 Å².